The maximum Gasteiger partial charge on any atom is 0.227 e. The Balaban J connectivity index is 2.81. The van der Waals surface area contributed by atoms with Gasteiger partial charge in [0.05, 0.1) is 23.2 Å². The van der Waals surface area contributed by atoms with E-state index in [1.807, 2.05) is 18.2 Å². The van der Waals surface area contributed by atoms with Gasteiger partial charge in [-0.15, -0.1) is 11.8 Å². The molecule has 1 aromatic carbocycles. The number of methoxy groups -OCH3 is 1. The van der Waals surface area contributed by atoms with Gasteiger partial charge < -0.3 is 15.8 Å². The van der Waals surface area contributed by atoms with Crippen molar-refractivity contribution in [3.63, 3.8) is 0 Å². The summed E-state index contributed by atoms with van der Waals surface area (Å²) in [5.41, 5.74) is 6.24. The zero-order chi connectivity index (χ0) is 15.1. The zero-order valence-electron chi connectivity index (χ0n) is 12.0. The van der Waals surface area contributed by atoms with E-state index in [1.165, 1.54) is 0 Å². The molecule has 0 aromatic heterocycles. The lowest BCUT2D eigenvalue weighted by molar-refractivity contribution is -0.118. The minimum Gasteiger partial charge on any atom is -0.380 e. The molecule has 0 aliphatic rings. The highest BCUT2D eigenvalue weighted by Crippen LogP contribution is 2.36. The number of nitrogens with one attached hydrogen (secondary N) is 1. The number of carbonyl (C=O) groups is 1. The van der Waals surface area contributed by atoms with Crippen LogP contribution in [-0.4, -0.2) is 30.9 Å². The summed E-state index contributed by atoms with van der Waals surface area (Å²) in [5.74, 6) is -0.129. The first kappa shape index (κ1) is 17.3. The van der Waals surface area contributed by atoms with E-state index in [9.17, 15) is 4.79 Å². The number of hydrogen-bond acceptors (Lipinski definition) is 4. The van der Waals surface area contributed by atoms with E-state index >= 15 is 0 Å². The Morgan fingerprint density at radius 3 is 2.75 bits per heavy atom. The van der Waals surface area contributed by atoms with Crippen molar-refractivity contribution in [3.05, 3.63) is 23.2 Å². The molecule has 0 radical (unpaired) electrons. The lowest BCUT2D eigenvalue weighted by atomic mass is 10.2. The first-order valence-corrected chi connectivity index (χ1v) is 7.71. The Labute approximate surface area is 129 Å². The maximum atomic E-state index is 12.0. The first-order valence-electron chi connectivity index (χ1n) is 6.45. The van der Waals surface area contributed by atoms with Gasteiger partial charge in [-0.3, -0.25) is 4.79 Å². The Kier molecular flexibility index (Phi) is 7.37. The summed E-state index contributed by atoms with van der Waals surface area (Å²) < 4.78 is 5.11. The second kappa shape index (κ2) is 8.52. The molecule has 1 amide bonds. The van der Waals surface area contributed by atoms with Gasteiger partial charge in [-0.05, 0) is 12.1 Å². The summed E-state index contributed by atoms with van der Waals surface area (Å²) in [7, 11) is 1.55. The molecule has 0 aliphatic heterocycles. The molecule has 1 aromatic rings. The quantitative estimate of drug-likeness (QED) is 0.758. The summed E-state index contributed by atoms with van der Waals surface area (Å²) in [5, 5.41) is 3.89. The van der Waals surface area contributed by atoms with Crippen LogP contribution in [0.15, 0.2) is 23.1 Å². The molecule has 1 unspecified atom stereocenters. The summed E-state index contributed by atoms with van der Waals surface area (Å²) in [4.78, 5) is 12.9. The predicted molar refractivity (Wildman–Crippen MR) is 85.5 cm³/mol. The van der Waals surface area contributed by atoms with E-state index in [0.717, 1.165) is 10.6 Å². The van der Waals surface area contributed by atoms with Crippen LogP contribution in [0.3, 0.4) is 0 Å². The molecule has 4 nitrogen and oxygen atoms in total. The molecular formula is C14H21ClN2O2S. The van der Waals surface area contributed by atoms with Crippen LogP contribution in [0.4, 0.5) is 5.69 Å². The number of nitrogens with two attached hydrogens (primary N) is 1. The summed E-state index contributed by atoms with van der Waals surface area (Å²) in [6, 6.07) is 5.48. The third-order valence-corrected chi connectivity index (χ3v) is 4.18. The average Bonchev–Trinajstić information content (AvgIpc) is 2.39. The van der Waals surface area contributed by atoms with Gasteiger partial charge in [0.25, 0.3) is 0 Å². The molecule has 0 aliphatic carbocycles. The monoisotopic (exact) mass is 316 g/mol. The molecule has 0 spiro atoms. The number of hydrogen-bond donors (Lipinski definition) is 2. The number of amides is 1. The Morgan fingerprint density at radius 1 is 1.50 bits per heavy atom. The van der Waals surface area contributed by atoms with Crippen molar-refractivity contribution in [2.75, 3.05) is 19.0 Å². The van der Waals surface area contributed by atoms with Crippen molar-refractivity contribution in [2.45, 2.75) is 36.5 Å². The number of ether oxygens (including phenoxy) is 1. The van der Waals surface area contributed by atoms with Gasteiger partial charge in [0.2, 0.25) is 5.91 Å². The highest BCUT2D eigenvalue weighted by atomic mass is 35.5. The highest BCUT2D eigenvalue weighted by molar-refractivity contribution is 8.00. The number of halogens is 1. The van der Waals surface area contributed by atoms with Crippen LogP contribution in [0.5, 0.6) is 0 Å². The molecule has 20 heavy (non-hydrogen) atoms. The molecule has 6 heteroatoms. The standard InChI is InChI=1S/C14H21ClN2O2S/c1-9(2)20-14-11(15)5-4-6-12(14)17-13(18)7-10(8-16)19-3/h4-6,9-10H,7-8,16H2,1-3H3,(H,17,18). The Bertz CT molecular complexity index is 451. The third-order valence-electron chi connectivity index (χ3n) is 2.60. The van der Waals surface area contributed by atoms with Gasteiger partial charge in [-0.1, -0.05) is 31.5 Å². The summed E-state index contributed by atoms with van der Waals surface area (Å²) >= 11 is 7.82. The van der Waals surface area contributed by atoms with Crippen molar-refractivity contribution in [3.8, 4) is 0 Å². The van der Waals surface area contributed by atoms with Crippen LogP contribution < -0.4 is 11.1 Å². The van der Waals surface area contributed by atoms with Crippen LogP contribution in [-0.2, 0) is 9.53 Å². The van der Waals surface area contributed by atoms with E-state index in [-0.39, 0.29) is 18.4 Å². The normalized spacial score (nSPS) is 12.5. The minimum absolute atomic E-state index is 0.129. The molecule has 1 atom stereocenters. The van der Waals surface area contributed by atoms with E-state index in [4.69, 9.17) is 22.1 Å². The molecule has 0 bridgehead atoms. The SMILES string of the molecule is COC(CN)CC(=O)Nc1cccc(Cl)c1SC(C)C. The smallest absolute Gasteiger partial charge is 0.227 e. The first-order chi connectivity index (χ1) is 9.47. The highest BCUT2D eigenvalue weighted by Gasteiger charge is 2.15. The lowest BCUT2D eigenvalue weighted by Crippen LogP contribution is -2.28. The molecule has 1 rings (SSSR count). The second-order valence-electron chi connectivity index (χ2n) is 4.63. The van der Waals surface area contributed by atoms with Gasteiger partial charge in [0.15, 0.2) is 0 Å². The van der Waals surface area contributed by atoms with Crippen molar-refractivity contribution >= 4 is 35.0 Å². The van der Waals surface area contributed by atoms with Crippen molar-refractivity contribution in [1.29, 1.82) is 0 Å². The zero-order valence-corrected chi connectivity index (χ0v) is 13.6. The van der Waals surface area contributed by atoms with Crippen LogP contribution in [0.25, 0.3) is 0 Å². The van der Waals surface area contributed by atoms with Crippen LogP contribution in [0.2, 0.25) is 5.02 Å². The van der Waals surface area contributed by atoms with Crippen molar-refractivity contribution in [2.24, 2.45) is 5.73 Å². The number of carbonyl (C=O) groups excluding carboxylic acids is 1. The third kappa shape index (κ3) is 5.32. The van der Waals surface area contributed by atoms with Crippen LogP contribution in [0, 0.1) is 0 Å². The summed E-state index contributed by atoms with van der Waals surface area (Å²) in [6.07, 6.45) is -0.0407. The summed E-state index contributed by atoms with van der Waals surface area (Å²) in [6.45, 7) is 4.47. The lowest BCUT2D eigenvalue weighted by Gasteiger charge is -2.16. The van der Waals surface area contributed by atoms with E-state index < -0.39 is 0 Å². The van der Waals surface area contributed by atoms with Gasteiger partial charge in [-0.25, -0.2) is 0 Å². The Hall–Kier alpha value is -0.750. The minimum atomic E-state index is -0.268. The van der Waals surface area contributed by atoms with Gasteiger partial charge in [0.1, 0.15) is 0 Å². The molecule has 112 valence electrons. The molecule has 0 saturated carbocycles. The van der Waals surface area contributed by atoms with Crippen molar-refractivity contribution < 1.29 is 9.53 Å². The average molecular weight is 317 g/mol. The predicted octanol–water partition coefficient (Wildman–Crippen LogP) is 3.14. The fourth-order valence-corrected chi connectivity index (χ4v) is 2.84. The molecular weight excluding hydrogens is 296 g/mol. The van der Waals surface area contributed by atoms with Crippen LogP contribution >= 0.6 is 23.4 Å². The van der Waals surface area contributed by atoms with Gasteiger partial charge >= 0.3 is 0 Å². The van der Waals surface area contributed by atoms with E-state index in [2.05, 4.69) is 19.2 Å². The fraction of sp³-hybridized carbons (Fsp3) is 0.500. The number of anilines is 1. The number of rotatable bonds is 7. The molecule has 0 fully saturated rings. The number of benzene rings is 1. The molecule has 3 N–H and O–H groups in total. The van der Waals surface area contributed by atoms with E-state index in [0.29, 0.717) is 16.8 Å². The molecule has 0 heterocycles. The maximum absolute atomic E-state index is 12.0. The second-order valence-corrected chi connectivity index (χ2v) is 6.62. The van der Waals surface area contributed by atoms with Gasteiger partial charge in [0, 0.05) is 23.8 Å². The topological polar surface area (TPSA) is 64.3 Å². The largest absolute Gasteiger partial charge is 0.380 e. The number of thioether (sulfide) groups is 1. The van der Waals surface area contributed by atoms with Crippen LogP contribution in [0.1, 0.15) is 20.3 Å². The van der Waals surface area contributed by atoms with Gasteiger partial charge in [-0.2, -0.15) is 0 Å². The Morgan fingerprint density at radius 2 is 2.20 bits per heavy atom. The van der Waals surface area contributed by atoms with Crippen molar-refractivity contribution in [1.82, 2.24) is 0 Å². The van der Waals surface area contributed by atoms with E-state index in [1.54, 1.807) is 18.9 Å². The molecule has 0 saturated heterocycles. The fourth-order valence-electron chi connectivity index (χ4n) is 1.63.